The van der Waals surface area contributed by atoms with Crippen molar-refractivity contribution >= 4 is 16.9 Å². The van der Waals surface area contributed by atoms with Gasteiger partial charge in [-0.2, -0.15) is 0 Å². The summed E-state index contributed by atoms with van der Waals surface area (Å²) in [6.45, 7) is 5.19. The Hall–Kier alpha value is -2.66. The largest absolute Gasteiger partial charge is 0.354 e. The fraction of sp³-hybridized carbons (Fsp3) is 0.300. The first kappa shape index (κ1) is 17.2. The molecule has 1 aromatic heterocycles. The average molecular weight is 336 g/mol. The van der Waals surface area contributed by atoms with E-state index in [0.717, 1.165) is 29.0 Å². The molecule has 0 bridgehead atoms. The smallest absolute Gasteiger partial charge is 0.244 e. The highest BCUT2D eigenvalue weighted by molar-refractivity contribution is 5.87. The van der Waals surface area contributed by atoms with Crippen LogP contribution in [0.15, 0.2) is 54.6 Å². The molecule has 25 heavy (non-hydrogen) atoms. The summed E-state index contributed by atoms with van der Waals surface area (Å²) in [6.07, 6.45) is 0.666. The number of aryl methyl sites for hydroxylation is 1. The van der Waals surface area contributed by atoms with Gasteiger partial charge < -0.3 is 15.6 Å². The number of carbonyl (C=O) groups excluding carboxylic acids is 1. The normalized spacial score (nSPS) is 13.6. The number of rotatable bonds is 6. The first-order valence-electron chi connectivity index (χ1n) is 8.61. The number of para-hydroxylation sites is 2. The van der Waals surface area contributed by atoms with Crippen LogP contribution in [0.3, 0.4) is 0 Å². The van der Waals surface area contributed by atoms with E-state index in [9.17, 15) is 4.79 Å². The van der Waals surface area contributed by atoms with E-state index in [-0.39, 0.29) is 5.91 Å². The molecule has 1 unspecified atom stereocenters. The van der Waals surface area contributed by atoms with Crippen molar-refractivity contribution in [2.24, 2.45) is 5.73 Å². The standard InChI is InChI=1S/C20H24N4O/c1-3-24-17-12-8-7-11-16(17)23-18(24)13-14-22-19(25)20(2,21)15-9-5-4-6-10-15/h4-12H,3,13-14,21H2,1-2H3,(H,22,25). The monoisotopic (exact) mass is 336 g/mol. The van der Waals surface area contributed by atoms with E-state index in [1.54, 1.807) is 6.92 Å². The zero-order valence-corrected chi connectivity index (χ0v) is 14.7. The van der Waals surface area contributed by atoms with Gasteiger partial charge in [-0.3, -0.25) is 4.79 Å². The lowest BCUT2D eigenvalue weighted by Crippen LogP contribution is -2.49. The number of benzene rings is 2. The predicted molar refractivity (Wildman–Crippen MR) is 100 cm³/mol. The quantitative estimate of drug-likeness (QED) is 0.727. The number of nitrogens with zero attached hydrogens (tertiary/aromatic N) is 2. The highest BCUT2D eigenvalue weighted by Gasteiger charge is 2.29. The van der Waals surface area contributed by atoms with Gasteiger partial charge in [-0.25, -0.2) is 4.98 Å². The molecule has 130 valence electrons. The fourth-order valence-electron chi connectivity index (χ4n) is 3.06. The second-order valence-corrected chi connectivity index (χ2v) is 6.34. The molecule has 0 spiro atoms. The Labute approximate surface area is 147 Å². The van der Waals surface area contributed by atoms with Gasteiger partial charge in [0.25, 0.3) is 0 Å². The Morgan fingerprint density at radius 3 is 2.56 bits per heavy atom. The number of amides is 1. The number of imidazole rings is 1. The lowest BCUT2D eigenvalue weighted by Gasteiger charge is -2.24. The third-order valence-corrected chi connectivity index (χ3v) is 4.53. The summed E-state index contributed by atoms with van der Waals surface area (Å²) in [6, 6.07) is 17.5. The van der Waals surface area contributed by atoms with E-state index >= 15 is 0 Å². The number of nitrogens with one attached hydrogen (secondary N) is 1. The van der Waals surface area contributed by atoms with Gasteiger partial charge in [0.1, 0.15) is 11.4 Å². The maximum atomic E-state index is 12.5. The van der Waals surface area contributed by atoms with Crippen LogP contribution in [0.25, 0.3) is 11.0 Å². The van der Waals surface area contributed by atoms with Crippen LogP contribution < -0.4 is 11.1 Å². The molecular formula is C20H24N4O. The number of carbonyl (C=O) groups is 1. The van der Waals surface area contributed by atoms with Crippen molar-refractivity contribution in [2.45, 2.75) is 32.4 Å². The number of fused-ring (bicyclic) bond motifs is 1. The minimum absolute atomic E-state index is 0.183. The fourth-order valence-corrected chi connectivity index (χ4v) is 3.06. The van der Waals surface area contributed by atoms with Gasteiger partial charge in [0.05, 0.1) is 11.0 Å². The summed E-state index contributed by atoms with van der Waals surface area (Å²) in [5.74, 6) is 0.792. The van der Waals surface area contributed by atoms with Crippen molar-refractivity contribution in [3.8, 4) is 0 Å². The van der Waals surface area contributed by atoms with Crippen LogP contribution in [0.4, 0.5) is 0 Å². The van der Waals surface area contributed by atoms with Crippen LogP contribution in [0.2, 0.25) is 0 Å². The average Bonchev–Trinajstić information content (AvgIpc) is 2.99. The van der Waals surface area contributed by atoms with E-state index < -0.39 is 5.54 Å². The third-order valence-electron chi connectivity index (χ3n) is 4.53. The van der Waals surface area contributed by atoms with Gasteiger partial charge in [-0.15, -0.1) is 0 Å². The van der Waals surface area contributed by atoms with Gasteiger partial charge in [-0.1, -0.05) is 42.5 Å². The van der Waals surface area contributed by atoms with Crippen LogP contribution in [-0.4, -0.2) is 22.0 Å². The molecule has 5 heteroatoms. The molecule has 0 saturated carbocycles. The van der Waals surface area contributed by atoms with Crippen LogP contribution >= 0.6 is 0 Å². The van der Waals surface area contributed by atoms with Crippen molar-refractivity contribution in [1.82, 2.24) is 14.9 Å². The molecule has 5 nitrogen and oxygen atoms in total. The molecule has 0 aliphatic rings. The van der Waals surface area contributed by atoms with E-state index in [1.807, 2.05) is 48.5 Å². The lowest BCUT2D eigenvalue weighted by atomic mass is 9.92. The molecule has 1 heterocycles. The van der Waals surface area contributed by atoms with Gasteiger partial charge in [0.2, 0.25) is 5.91 Å². The Morgan fingerprint density at radius 1 is 1.16 bits per heavy atom. The van der Waals surface area contributed by atoms with Crippen molar-refractivity contribution < 1.29 is 4.79 Å². The highest BCUT2D eigenvalue weighted by atomic mass is 16.2. The number of hydrogen-bond acceptors (Lipinski definition) is 3. The zero-order valence-electron chi connectivity index (χ0n) is 14.7. The molecular weight excluding hydrogens is 312 g/mol. The maximum absolute atomic E-state index is 12.5. The van der Waals surface area contributed by atoms with Crippen molar-refractivity contribution in [1.29, 1.82) is 0 Å². The molecule has 0 fully saturated rings. The Balaban J connectivity index is 1.68. The predicted octanol–water partition coefficient (Wildman–Crippen LogP) is 2.59. The highest BCUT2D eigenvalue weighted by Crippen LogP contribution is 2.18. The van der Waals surface area contributed by atoms with E-state index in [1.165, 1.54) is 0 Å². The van der Waals surface area contributed by atoms with Crippen LogP contribution in [0, 0.1) is 0 Å². The van der Waals surface area contributed by atoms with Crippen molar-refractivity contribution in [3.05, 3.63) is 66.0 Å². The second-order valence-electron chi connectivity index (χ2n) is 6.34. The van der Waals surface area contributed by atoms with Crippen molar-refractivity contribution in [3.63, 3.8) is 0 Å². The summed E-state index contributed by atoms with van der Waals surface area (Å²) in [7, 11) is 0. The number of nitrogens with two attached hydrogens (primary N) is 1. The first-order chi connectivity index (χ1) is 12.0. The van der Waals surface area contributed by atoms with E-state index in [0.29, 0.717) is 13.0 Å². The van der Waals surface area contributed by atoms with Crippen molar-refractivity contribution in [2.75, 3.05) is 6.54 Å². The molecule has 3 aromatic rings. The van der Waals surface area contributed by atoms with E-state index in [4.69, 9.17) is 5.73 Å². The van der Waals surface area contributed by atoms with Crippen LogP contribution in [0.5, 0.6) is 0 Å². The number of hydrogen-bond donors (Lipinski definition) is 2. The van der Waals surface area contributed by atoms with Gasteiger partial charge in [0.15, 0.2) is 0 Å². The zero-order chi connectivity index (χ0) is 17.9. The minimum atomic E-state index is -1.05. The SMILES string of the molecule is CCn1c(CCNC(=O)C(C)(N)c2ccccc2)nc2ccccc21. The topological polar surface area (TPSA) is 72.9 Å². The third kappa shape index (κ3) is 3.42. The second kappa shape index (κ2) is 7.07. The summed E-state index contributed by atoms with van der Waals surface area (Å²) < 4.78 is 2.18. The molecule has 3 rings (SSSR count). The van der Waals surface area contributed by atoms with Gasteiger partial charge in [0, 0.05) is 19.5 Å². The number of aromatic nitrogens is 2. The summed E-state index contributed by atoms with van der Waals surface area (Å²) in [5.41, 5.74) is 8.10. The maximum Gasteiger partial charge on any atom is 0.244 e. The molecule has 2 aromatic carbocycles. The van der Waals surface area contributed by atoms with E-state index in [2.05, 4.69) is 27.9 Å². The minimum Gasteiger partial charge on any atom is -0.354 e. The molecule has 0 aliphatic carbocycles. The summed E-state index contributed by atoms with van der Waals surface area (Å²) in [5, 5.41) is 2.95. The molecule has 1 atom stereocenters. The molecule has 3 N–H and O–H groups in total. The Morgan fingerprint density at radius 2 is 1.84 bits per heavy atom. The molecule has 1 amide bonds. The molecule has 0 saturated heterocycles. The van der Waals surface area contributed by atoms with Gasteiger partial charge >= 0.3 is 0 Å². The first-order valence-corrected chi connectivity index (χ1v) is 8.61. The Kier molecular flexibility index (Phi) is 4.86. The molecule has 0 aliphatic heterocycles. The van der Waals surface area contributed by atoms with Crippen LogP contribution in [0.1, 0.15) is 25.2 Å². The lowest BCUT2D eigenvalue weighted by molar-refractivity contribution is -0.126. The molecule has 0 radical (unpaired) electrons. The van der Waals surface area contributed by atoms with Crippen LogP contribution in [-0.2, 0) is 23.3 Å². The summed E-state index contributed by atoms with van der Waals surface area (Å²) >= 11 is 0. The Bertz CT molecular complexity index is 868. The summed E-state index contributed by atoms with van der Waals surface area (Å²) in [4.78, 5) is 17.2. The van der Waals surface area contributed by atoms with Gasteiger partial charge in [-0.05, 0) is 31.5 Å².